The molecule has 1 saturated heterocycles. The van der Waals surface area contributed by atoms with E-state index >= 15 is 0 Å². The van der Waals surface area contributed by atoms with Gasteiger partial charge < -0.3 is 0 Å². The third-order valence-corrected chi connectivity index (χ3v) is 6.65. The van der Waals surface area contributed by atoms with Crippen molar-refractivity contribution in [2.45, 2.75) is 35.4 Å². The zero-order valence-corrected chi connectivity index (χ0v) is 13.1. The van der Waals surface area contributed by atoms with Crippen molar-refractivity contribution in [1.29, 1.82) is 0 Å². The number of nitrogens with two attached hydrogens (primary N) is 1. The zero-order valence-electron chi connectivity index (χ0n) is 11.5. The molecule has 23 heavy (non-hydrogen) atoms. The highest BCUT2D eigenvalue weighted by Gasteiger charge is 2.80. The molecular formula is C9H14F6N2O4S2. The van der Waals surface area contributed by atoms with Crippen LogP contribution in [-0.4, -0.2) is 57.1 Å². The molecule has 1 unspecified atom stereocenters. The van der Waals surface area contributed by atoms with E-state index in [1.54, 1.807) is 0 Å². The maximum atomic E-state index is 13.9. The average Bonchev–Trinajstić information content (AvgIpc) is 2.45. The van der Waals surface area contributed by atoms with Gasteiger partial charge in [0, 0.05) is 13.1 Å². The van der Waals surface area contributed by atoms with Crippen molar-refractivity contribution in [3.63, 3.8) is 0 Å². The number of primary sulfonamides is 1. The standard InChI is InChI=1S/C9H14F6N2O4S2/c10-6-7(11,22(16,18)19)8(12,13)9(14,15)23(20,21)17-4-2-1-3-5-17/h1-6H2,(H2,16,18,19). The molecule has 14 heteroatoms. The van der Waals surface area contributed by atoms with Crippen molar-refractivity contribution < 1.29 is 43.2 Å². The Balaban J connectivity index is 3.44. The molecule has 6 nitrogen and oxygen atoms in total. The molecule has 1 atom stereocenters. The predicted octanol–water partition coefficient (Wildman–Crippen LogP) is 0.954. The molecule has 0 saturated carbocycles. The summed E-state index contributed by atoms with van der Waals surface area (Å²) < 4.78 is 127. The summed E-state index contributed by atoms with van der Waals surface area (Å²) in [7, 11) is -12.4. The van der Waals surface area contributed by atoms with Crippen molar-refractivity contribution in [1.82, 2.24) is 4.31 Å². The molecule has 1 aliphatic rings. The van der Waals surface area contributed by atoms with E-state index in [1.165, 1.54) is 0 Å². The monoisotopic (exact) mass is 392 g/mol. The minimum absolute atomic E-state index is 0.00774. The van der Waals surface area contributed by atoms with Crippen LogP contribution in [-0.2, 0) is 20.0 Å². The number of hydrogen-bond donors (Lipinski definition) is 1. The molecule has 0 aromatic rings. The smallest absolute Gasteiger partial charge is 0.246 e. The first-order valence-electron chi connectivity index (χ1n) is 6.19. The quantitative estimate of drug-likeness (QED) is 0.681. The Kier molecular flexibility index (Phi) is 5.37. The van der Waals surface area contributed by atoms with Gasteiger partial charge in [-0.25, -0.2) is 30.8 Å². The Morgan fingerprint density at radius 1 is 0.913 bits per heavy atom. The highest BCUT2D eigenvalue weighted by atomic mass is 32.2. The summed E-state index contributed by atoms with van der Waals surface area (Å²) in [5.41, 5.74) is 0. The molecule has 0 aromatic heterocycles. The van der Waals surface area contributed by atoms with Crippen LogP contribution in [0.2, 0.25) is 0 Å². The van der Waals surface area contributed by atoms with Crippen LogP contribution in [0.15, 0.2) is 0 Å². The molecule has 0 radical (unpaired) electrons. The topological polar surface area (TPSA) is 97.5 Å². The Hall–Kier alpha value is -0.600. The second-order valence-corrected chi connectivity index (χ2v) is 8.68. The van der Waals surface area contributed by atoms with Gasteiger partial charge in [0.25, 0.3) is 20.0 Å². The normalized spacial score (nSPS) is 21.9. The van der Waals surface area contributed by atoms with E-state index in [-0.39, 0.29) is 17.1 Å². The molecule has 0 aromatic carbocycles. The van der Waals surface area contributed by atoms with E-state index in [9.17, 15) is 43.2 Å². The van der Waals surface area contributed by atoms with Gasteiger partial charge >= 0.3 is 16.2 Å². The molecule has 1 fully saturated rings. The molecule has 0 spiro atoms. The lowest BCUT2D eigenvalue weighted by atomic mass is 10.2. The van der Waals surface area contributed by atoms with Crippen molar-refractivity contribution in [2.75, 3.05) is 19.8 Å². The Bertz CT molecular complexity index is 647. The van der Waals surface area contributed by atoms with Crippen LogP contribution >= 0.6 is 0 Å². The molecule has 0 bridgehead atoms. The fourth-order valence-corrected chi connectivity index (χ4v) is 4.24. The van der Waals surface area contributed by atoms with Crippen molar-refractivity contribution in [3.8, 4) is 0 Å². The highest BCUT2D eigenvalue weighted by Crippen LogP contribution is 2.50. The first kappa shape index (κ1) is 20.4. The second-order valence-electron chi connectivity index (χ2n) is 4.96. The molecule has 2 N–H and O–H groups in total. The first-order chi connectivity index (χ1) is 10.2. The lowest BCUT2D eigenvalue weighted by Crippen LogP contribution is -2.67. The lowest BCUT2D eigenvalue weighted by Gasteiger charge is -2.37. The van der Waals surface area contributed by atoms with Gasteiger partial charge in [-0.2, -0.15) is 21.9 Å². The predicted molar refractivity (Wildman–Crippen MR) is 67.2 cm³/mol. The minimum Gasteiger partial charge on any atom is -0.246 e. The molecule has 1 aliphatic heterocycles. The third kappa shape index (κ3) is 2.93. The molecule has 0 amide bonds. The highest BCUT2D eigenvalue weighted by molar-refractivity contribution is 7.91. The maximum Gasteiger partial charge on any atom is 0.425 e. The van der Waals surface area contributed by atoms with Crippen molar-refractivity contribution in [3.05, 3.63) is 0 Å². The number of piperidine rings is 1. The van der Waals surface area contributed by atoms with E-state index in [4.69, 9.17) is 0 Å². The van der Waals surface area contributed by atoms with Gasteiger partial charge in [0.2, 0.25) is 0 Å². The summed E-state index contributed by atoms with van der Waals surface area (Å²) >= 11 is 0. The third-order valence-electron chi connectivity index (χ3n) is 3.44. The van der Waals surface area contributed by atoms with E-state index in [1.807, 2.05) is 0 Å². The molecule has 0 aliphatic carbocycles. The van der Waals surface area contributed by atoms with E-state index in [0.29, 0.717) is 6.42 Å². The summed E-state index contributed by atoms with van der Waals surface area (Å²) in [5, 5.41) is -7.74. The Morgan fingerprint density at radius 2 is 1.35 bits per heavy atom. The summed E-state index contributed by atoms with van der Waals surface area (Å²) in [6, 6.07) is 0. The summed E-state index contributed by atoms with van der Waals surface area (Å²) in [5.74, 6) is -6.45. The van der Waals surface area contributed by atoms with Crippen LogP contribution in [0.3, 0.4) is 0 Å². The van der Waals surface area contributed by atoms with Crippen LogP contribution in [0, 0.1) is 0 Å². The molecule has 1 rings (SSSR count). The van der Waals surface area contributed by atoms with Crippen LogP contribution in [0.1, 0.15) is 19.3 Å². The number of alkyl halides is 6. The van der Waals surface area contributed by atoms with Gasteiger partial charge in [-0.05, 0) is 12.8 Å². The summed E-state index contributed by atoms with van der Waals surface area (Å²) in [6.45, 7) is -4.21. The molecule has 1 heterocycles. The minimum atomic E-state index is -6.45. The largest absolute Gasteiger partial charge is 0.425 e. The van der Waals surface area contributed by atoms with Gasteiger partial charge in [-0.1, -0.05) is 6.42 Å². The van der Waals surface area contributed by atoms with E-state index in [2.05, 4.69) is 5.14 Å². The van der Waals surface area contributed by atoms with E-state index in [0.717, 1.165) is 0 Å². The van der Waals surface area contributed by atoms with Crippen LogP contribution in [0.5, 0.6) is 0 Å². The van der Waals surface area contributed by atoms with Crippen LogP contribution in [0.25, 0.3) is 0 Å². The average molecular weight is 392 g/mol. The van der Waals surface area contributed by atoms with Gasteiger partial charge in [0.15, 0.2) is 0 Å². The van der Waals surface area contributed by atoms with Gasteiger partial charge in [0.05, 0.1) is 0 Å². The Labute approximate surface area is 128 Å². The Morgan fingerprint density at radius 3 is 1.70 bits per heavy atom. The number of sulfonamides is 2. The summed E-state index contributed by atoms with van der Waals surface area (Å²) in [4.78, 5) is 0. The van der Waals surface area contributed by atoms with Crippen LogP contribution < -0.4 is 5.14 Å². The van der Waals surface area contributed by atoms with Crippen molar-refractivity contribution in [2.24, 2.45) is 5.14 Å². The van der Waals surface area contributed by atoms with Crippen molar-refractivity contribution >= 4 is 20.0 Å². The maximum absolute atomic E-state index is 13.9. The number of rotatable bonds is 6. The molecular weight excluding hydrogens is 378 g/mol. The molecule has 138 valence electrons. The van der Waals surface area contributed by atoms with Gasteiger partial charge in [-0.3, -0.25) is 0 Å². The van der Waals surface area contributed by atoms with E-state index < -0.39 is 56.0 Å². The first-order valence-corrected chi connectivity index (χ1v) is 9.18. The fraction of sp³-hybridized carbons (Fsp3) is 1.00. The lowest BCUT2D eigenvalue weighted by molar-refractivity contribution is -0.212. The van der Waals surface area contributed by atoms with Gasteiger partial charge in [0.1, 0.15) is 6.67 Å². The number of hydrogen-bond acceptors (Lipinski definition) is 4. The SMILES string of the molecule is NS(=O)(=O)C(F)(CF)C(F)(F)C(F)(F)S(=O)(=O)N1CCCCC1. The fourth-order valence-electron chi connectivity index (χ4n) is 1.99. The van der Waals surface area contributed by atoms with Gasteiger partial charge in [-0.15, -0.1) is 0 Å². The van der Waals surface area contributed by atoms with Crippen LogP contribution in [0.4, 0.5) is 26.3 Å². The zero-order chi connectivity index (χ0) is 18.3. The second kappa shape index (κ2) is 6.04. The number of nitrogens with zero attached hydrogens (tertiary/aromatic N) is 1. The number of halogens is 6. The summed E-state index contributed by atoms with van der Waals surface area (Å²) in [6.07, 6.45) is 0.655.